The van der Waals surface area contributed by atoms with Crippen LogP contribution in [0.5, 0.6) is 5.88 Å². The maximum Gasteiger partial charge on any atom is 0.213 e. The Morgan fingerprint density at radius 3 is 2.58 bits per heavy atom. The van der Waals surface area contributed by atoms with Crippen molar-refractivity contribution in [3.8, 4) is 5.88 Å². The Kier molecular flexibility index (Phi) is 3.81. The molecule has 0 fully saturated rings. The Morgan fingerprint density at radius 1 is 1.26 bits per heavy atom. The molecule has 2 aromatic heterocycles. The van der Waals surface area contributed by atoms with Gasteiger partial charge in [0.15, 0.2) is 5.82 Å². The number of aryl methyl sites for hydroxylation is 2. The van der Waals surface area contributed by atoms with Crippen molar-refractivity contribution in [2.45, 2.75) is 13.3 Å². The summed E-state index contributed by atoms with van der Waals surface area (Å²) in [4.78, 5) is 8.57. The predicted octanol–water partition coefficient (Wildman–Crippen LogP) is 0.810. The first-order valence-corrected chi connectivity index (χ1v) is 5.86. The highest BCUT2D eigenvalue weighted by Gasteiger charge is 2.08. The van der Waals surface area contributed by atoms with Crippen LogP contribution in [0.4, 0.5) is 17.5 Å². The Morgan fingerprint density at radius 2 is 2.00 bits per heavy atom. The monoisotopic (exact) mass is 263 g/mol. The molecule has 0 bridgehead atoms. The minimum atomic E-state index is 0.553. The molecule has 0 unspecified atom stereocenters. The topological polar surface area (TPSA) is 103 Å². The van der Waals surface area contributed by atoms with E-state index in [0.717, 1.165) is 6.42 Å². The van der Waals surface area contributed by atoms with E-state index < -0.39 is 0 Å². The van der Waals surface area contributed by atoms with Gasteiger partial charge in [0.1, 0.15) is 17.5 Å². The average Bonchev–Trinajstić information content (AvgIpc) is 2.78. The van der Waals surface area contributed by atoms with Crippen LogP contribution in [-0.4, -0.2) is 26.9 Å². The number of nitrogens with one attached hydrogen (secondary N) is 2. The van der Waals surface area contributed by atoms with E-state index in [1.165, 1.54) is 0 Å². The van der Waals surface area contributed by atoms with Gasteiger partial charge in [0.2, 0.25) is 5.88 Å². The number of aromatic nitrogens is 4. The highest BCUT2D eigenvalue weighted by molar-refractivity contribution is 5.56. The van der Waals surface area contributed by atoms with Gasteiger partial charge in [0.05, 0.1) is 7.11 Å². The van der Waals surface area contributed by atoms with Crippen LogP contribution in [-0.2, 0) is 13.5 Å². The van der Waals surface area contributed by atoms with Crippen LogP contribution in [0.2, 0.25) is 0 Å². The van der Waals surface area contributed by atoms with Crippen molar-refractivity contribution >= 4 is 17.5 Å². The molecule has 19 heavy (non-hydrogen) atoms. The van der Waals surface area contributed by atoms with Gasteiger partial charge in [-0.25, -0.2) is 20.5 Å². The average molecular weight is 263 g/mol. The summed E-state index contributed by atoms with van der Waals surface area (Å²) in [6.07, 6.45) is 0.718. The second-order valence-electron chi connectivity index (χ2n) is 3.87. The number of hydrazine groups is 1. The molecule has 0 aliphatic carbocycles. The third-order valence-electron chi connectivity index (χ3n) is 2.54. The molecule has 2 aromatic rings. The molecule has 0 saturated carbocycles. The molecule has 0 aliphatic heterocycles. The summed E-state index contributed by atoms with van der Waals surface area (Å²) in [5.41, 5.74) is 2.51. The lowest BCUT2D eigenvalue weighted by molar-refractivity contribution is 0.373. The number of nitrogens with zero attached hydrogens (tertiary/aromatic N) is 4. The zero-order valence-electron chi connectivity index (χ0n) is 11.1. The first-order valence-electron chi connectivity index (χ1n) is 5.86. The SMILES string of the molecule is CCc1nc(NN)cc(Nc2cc(OC)n(C)n2)n1. The maximum absolute atomic E-state index is 5.38. The Bertz CT molecular complexity index is 544. The summed E-state index contributed by atoms with van der Waals surface area (Å²) in [5.74, 6) is 8.55. The van der Waals surface area contributed by atoms with Crippen molar-refractivity contribution in [2.75, 3.05) is 17.9 Å². The Labute approximate surface area is 111 Å². The van der Waals surface area contributed by atoms with E-state index in [4.69, 9.17) is 10.6 Å². The maximum atomic E-state index is 5.38. The van der Waals surface area contributed by atoms with Crippen LogP contribution in [0.3, 0.4) is 0 Å². The molecular formula is C11H17N7O. The summed E-state index contributed by atoms with van der Waals surface area (Å²) >= 11 is 0. The summed E-state index contributed by atoms with van der Waals surface area (Å²) in [6.45, 7) is 1.98. The minimum absolute atomic E-state index is 0.553. The second kappa shape index (κ2) is 5.53. The van der Waals surface area contributed by atoms with Crippen molar-refractivity contribution in [2.24, 2.45) is 12.9 Å². The van der Waals surface area contributed by atoms with Gasteiger partial charge in [0, 0.05) is 25.6 Å². The molecule has 0 radical (unpaired) electrons. The zero-order valence-corrected chi connectivity index (χ0v) is 11.1. The number of nitrogens with two attached hydrogens (primary N) is 1. The first-order chi connectivity index (χ1) is 9.16. The van der Waals surface area contributed by atoms with E-state index in [1.54, 1.807) is 31.0 Å². The Hall–Kier alpha value is -2.35. The second-order valence-corrected chi connectivity index (χ2v) is 3.87. The third kappa shape index (κ3) is 2.91. The highest BCUT2D eigenvalue weighted by Crippen LogP contribution is 2.20. The molecule has 2 heterocycles. The lowest BCUT2D eigenvalue weighted by Crippen LogP contribution is -2.11. The minimum Gasteiger partial charge on any atom is -0.481 e. The van der Waals surface area contributed by atoms with Crippen LogP contribution in [0.25, 0.3) is 0 Å². The summed E-state index contributed by atoms with van der Waals surface area (Å²) in [7, 11) is 3.39. The molecule has 0 saturated heterocycles. The van der Waals surface area contributed by atoms with Gasteiger partial charge in [0.25, 0.3) is 0 Å². The zero-order chi connectivity index (χ0) is 13.8. The smallest absolute Gasteiger partial charge is 0.213 e. The molecule has 8 heteroatoms. The third-order valence-corrected chi connectivity index (χ3v) is 2.54. The number of nitrogen functional groups attached to an aromatic ring is 1. The molecule has 0 atom stereocenters. The van der Waals surface area contributed by atoms with Crippen molar-refractivity contribution < 1.29 is 4.74 Å². The van der Waals surface area contributed by atoms with E-state index in [1.807, 2.05) is 6.92 Å². The summed E-state index contributed by atoms with van der Waals surface area (Å²) in [5, 5.41) is 7.35. The van der Waals surface area contributed by atoms with Crippen molar-refractivity contribution in [3.63, 3.8) is 0 Å². The lowest BCUT2D eigenvalue weighted by atomic mass is 10.4. The summed E-state index contributed by atoms with van der Waals surface area (Å²) < 4.78 is 6.78. The van der Waals surface area contributed by atoms with Crippen LogP contribution in [0.1, 0.15) is 12.7 Å². The van der Waals surface area contributed by atoms with E-state index in [2.05, 4.69) is 25.8 Å². The highest BCUT2D eigenvalue weighted by atomic mass is 16.5. The number of hydrogen-bond donors (Lipinski definition) is 3. The molecular weight excluding hydrogens is 246 g/mol. The van der Waals surface area contributed by atoms with Crippen LogP contribution >= 0.6 is 0 Å². The number of methoxy groups -OCH3 is 1. The van der Waals surface area contributed by atoms with Crippen LogP contribution in [0.15, 0.2) is 12.1 Å². The molecule has 0 aromatic carbocycles. The molecule has 0 amide bonds. The number of rotatable bonds is 5. The fraction of sp³-hybridized carbons (Fsp3) is 0.364. The largest absolute Gasteiger partial charge is 0.481 e. The molecule has 4 N–H and O–H groups in total. The number of anilines is 3. The predicted molar refractivity (Wildman–Crippen MR) is 72.3 cm³/mol. The quantitative estimate of drug-likeness (QED) is 0.541. The standard InChI is InChI=1S/C11H17N7O/c1-4-7-13-8(5-9(14-7)16-12)15-10-6-11(19-3)18(2)17-10/h5-6H,4,12H2,1-3H3,(H2,13,14,15,16,17). The van der Waals surface area contributed by atoms with Gasteiger partial charge in [-0.05, 0) is 0 Å². The van der Waals surface area contributed by atoms with Gasteiger partial charge < -0.3 is 15.5 Å². The lowest BCUT2D eigenvalue weighted by Gasteiger charge is -2.06. The fourth-order valence-electron chi connectivity index (χ4n) is 1.63. The van der Waals surface area contributed by atoms with Crippen molar-refractivity contribution in [1.82, 2.24) is 19.7 Å². The first kappa shape index (κ1) is 13.1. The molecule has 102 valence electrons. The fourth-order valence-corrected chi connectivity index (χ4v) is 1.63. The number of ether oxygens (including phenoxy) is 1. The summed E-state index contributed by atoms with van der Waals surface area (Å²) in [6, 6.07) is 3.49. The molecule has 0 aliphatic rings. The van der Waals surface area contributed by atoms with E-state index >= 15 is 0 Å². The van der Waals surface area contributed by atoms with E-state index in [0.29, 0.717) is 29.2 Å². The van der Waals surface area contributed by atoms with Gasteiger partial charge in [-0.15, -0.1) is 0 Å². The van der Waals surface area contributed by atoms with Gasteiger partial charge in [-0.2, -0.15) is 5.10 Å². The van der Waals surface area contributed by atoms with E-state index in [9.17, 15) is 0 Å². The van der Waals surface area contributed by atoms with E-state index in [-0.39, 0.29) is 0 Å². The Balaban J connectivity index is 2.26. The van der Waals surface area contributed by atoms with Gasteiger partial charge >= 0.3 is 0 Å². The molecule has 2 rings (SSSR count). The van der Waals surface area contributed by atoms with Crippen LogP contribution in [0, 0.1) is 0 Å². The number of hydrogen-bond acceptors (Lipinski definition) is 7. The molecule has 0 spiro atoms. The van der Waals surface area contributed by atoms with Crippen molar-refractivity contribution in [3.05, 3.63) is 18.0 Å². The normalized spacial score (nSPS) is 10.3. The molecule has 8 nitrogen and oxygen atoms in total. The van der Waals surface area contributed by atoms with Gasteiger partial charge in [-0.1, -0.05) is 6.92 Å². The van der Waals surface area contributed by atoms with Crippen LogP contribution < -0.4 is 21.3 Å². The van der Waals surface area contributed by atoms with Crippen molar-refractivity contribution in [1.29, 1.82) is 0 Å². The van der Waals surface area contributed by atoms with Gasteiger partial charge in [-0.3, -0.25) is 0 Å².